The molecule has 1 amide bonds. The first-order valence-corrected chi connectivity index (χ1v) is 7.47. The number of ether oxygens (including phenoxy) is 1. The van der Waals surface area contributed by atoms with Gasteiger partial charge >= 0.3 is 0 Å². The quantitative estimate of drug-likeness (QED) is 0.582. The SMILES string of the molecule is CCCOc1cccc(NC(=O)CCCCBr)c1. The van der Waals surface area contributed by atoms with Crippen LogP contribution in [0.3, 0.4) is 0 Å². The molecule has 0 fully saturated rings. The van der Waals surface area contributed by atoms with E-state index in [4.69, 9.17) is 4.74 Å². The summed E-state index contributed by atoms with van der Waals surface area (Å²) in [6.45, 7) is 2.76. The molecular weight excluding hydrogens is 294 g/mol. The van der Waals surface area contributed by atoms with Crippen LogP contribution in [0.1, 0.15) is 32.6 Å². The number of nitrogens with one attached hydrogen (secondary N) is 1. The van der Waals surface area contributed by atoms with Gasteiger partial charge in [-0.2, -0.15) is 0 Å². The van der Waals surface area contributed by atoms with Gasteiger partial charge in [0.15, 0.2) is 0 Å². The molecule has 1 N–H and O–H groups in total. The number of benzene rings is 1. The summed E-state index contributed by atoms with van der Waals surface area (Å²) in [5.74, 6) is 0.860. The highest BCUT2D eigenvalue weighted by molar-refractivity contribution is 9.09. The van der Waals surface area contributed by atoms with Crippen molar-refractivity contribution in [1.29, 1.82) is 0 Å². The predicted molar refractivity (Wildman–Crippen MR) is 78.5 cm³/mol. The lowest BCUT2D eigenvalue weighted by Gasteiger charge is -2.08. The highest BCUT2D eigenvalue weighted by Crippen LogP contribution is 2.17. The summed E-state index contributed by atoms with van der Waals surface area (Å²) in [6, 6.07) is 7.52. The molecule has 0 spiro atoms. The Bertz CT molecular complexity index is 369. The highest BCUT2D eigenvalue weighted by atomic mass is 79.9. The van der Waals surface area contributed by atoms with Crippen LogP contribution in [-0.4, -0.2) is 17.8 Å². The number of rotatable bonds is 8. The zero-order valence-electron chi connectivity index (χ0n) is 10.7. The van der Waals surface area contributed by atoms with E-state index < -0.39 is 0 Å². The van der Waals surface area contributed by atoms with Gasteiger partial charge < -0.3 is 10.1 Å². The van der Waals surface area contributed by atoms with Crippen molar-refractivity contribution >= 4 is 27.5 Å². The van der Waals surface area contributed by atoms with Crippen LogP contribution in [-0.2, 0) is 4.79 Å². The average molecular weight is 314 g/mol. The zero-order valence-corrected chi connectivity index (χ0v) is 12.3. The minimum absolute atomic E-state index is 0.0589. The van der Waals surface area contributed by atoms with E-state index in [0.29, 0.717) is 13.0 Å². The Labute approximate surface area is 117 Å². The molecule has 0 radical (unpaired) electrons. The molecule has 0 aliphatic carbocycles. The number of hydrogen-bond donors (Lipinski definition) is 1. The van der Waals surface area contributed by atoms with E-state index in [2.05, 4.69) is 28.2 Å². The maximum atomic E-state index is 11.6. The molecule has 0 aliphatic heterocycles. The maximum Gasteiger partial charge on any atom is 0.224 e. The fourth-order valence-electron chi connectivity index (χ4n) is 1.49. The van der Waals surface area contributed by atoms with Gasteiger partial charge in [0.2, 0.25) is 5.91 Å². The van der Waals surface area contributed by atoms with Gasteiger partial charge in [-0.05, 0) is 31.4 Å². The number of hydrogen-bond acceptors (Lipinski definition) is 2. The van der Waals surface area contributed by atoms with Gasteiger partial charge in [-0.25, -0.2) is 0 Å². The lowest BCUT2D eigenvalue weighted by atomic mass is 10.2. The number of unbranched alkanes of at least 4 members (excludes halogenated alkanes) is 1. The van der Waals surface area contributed by atoms with Crippen LogP contribution in [0, 0.1) is 0 Å². The molecule has 0 saturated carbocycles. The minimum atomic E-state index is 0.0589. The number of carbonyl (C=O) groups is 1. The predicted octanol–water partition coefficient (Wildman–Crippen LogP) is 3.98. The van der Waals surface area contributed by atoms with Crippen LogP contribution in [0.2, 0.25) is 0 Å². The van der Waals surface area contributed by atoms with Crippen molar-refractivity contribution in [2.45, 2.75) is 32.6 Å². The first kappa shape index (κ1) is 15.0. The van der Waals surface area contributed by atoms with Gasteiger partial charge in [-0.15, -0.1) is 0 Å². The standard InChI is InChI=1S/C14H20BrNO2/c1-2-10-18-13-7-5-6-12(11-13)16-14(17)8-3-4-9-15/h5-7,11H,2-4,8-10H2,1H3,(H,16,17). The van der Waals surface area contributed by atoms with Gasteiger partial charge in [0.25, 0.3) is 0 Å². The molecule has 0 saturated heterocycles. The molecule has 3 nitrogen and oxygen atoms in total. The zero-order chi connectivity index (χ0) is 13.2. The summed E-state index contributed by atoms with van der Waals surface area (Å²) >= 11 is 3.35. The van der Waals surface area contributed by atoms with E-state index in [1.165, 1.54) is 0 Å². The van der Waals surface area contributed by atoms with Crippen LogP contribution in [0.25, 0.3) is 0 Å². The lowest BCUT2D eigenvalue weighted by Crippen LogP contribution is -2.11. The number of anilines is 1. The largest absolute Gasteiger partial charge is 0.494 e. The second kappa shape index (κ2) is 8.97. The van der Waals surface area contributed by atoms with Gasteiger partial charge in [-0.1, -0.05) is 28.9 Å². The topological polar surface area (TPSA) is 38.3 Å². The second-order valence-corrected chi connectivity index (χ2v) is 4.86. The third kappa shape index (κ3) is 6.05. The molecule has 0 bridgehead atoms. The first-order valence-electron chi connectivity index (χ1n) is 6.35. The molecule has 0 atom stereocenters. The third-order valence-corrected chi connectivity index (χ3v) is 2.94. The average Bonchev–Trinajstić information content (AvgIpc) is 2.37. The van der Waals surface area contributed by atoms with Crippen LogP contribution in [0.15, 0.2) is 24.3 Å². The van der Waals surface area contributed by atoms with Crippen LogP contribution >= 0.6 is 15.9 Å². The van der Waals surface area contributed by atoms with Crippen molar-refractivity contribution in [2.75, 3.05) is 17.3 Å². The van der Waals surface area contributed by atoms with Crippen LogP contribution < -0.4 is 10.1 Å². The first-order chi connectivity index (χ1) is 8.76. The Balaban J connectivity index is 2.43. The Hall–Kier alpha value is -1.03. The molecule has 0 unspecified atom stereocenters. The summed E-state index contributed by atoms with van der Waals surface area (Å²) in [7, 11) is 0. The van der Waals surface area contributed by atoms with Crippen molar-refractivity contribution in [3.63, 3.8) is 0 Å². The van der Waals surface area contributed by atoms with E-state index in [1.54, 1.807) is 0 Å². The molecule has 18 heavy (non-hydrogen) atoms. The lowest BCUT2D eigenvalue weighted by molar-refractivity contribution is -0.116. The fraction of sp³-hybridized carbons (Fsp3) is 0.500. The summed E-state index contributed by atoms with van der Waals surface area (Å²) in [5, 5.41) is 3.83. The summed E-state index contributed by atoms with van der Waals surface area (Å²) in [5.41, 5.74) is 0.799. The van der Waals surface area contributed by atoms with E-state index in [9.17, 15) is 4.79 Å². The fourth-order valence-corrected chi connectivity index (χ4v) is 1.88. The molecule has 0 aliphatic rings. The second-order valence-electron chi connectivity index (χ2n) is 4.07. The Morgan fingerprint density at radius 1 is 1.39 bits per heavy atom. The summed E-state index contributed by atoms with van der Waals surface area (Å²) < 4.78 is 5.52. The molecule has 1 aromatic rings. The molecule has 4 heteroatoms. The van der Waals surface area contributed by atoms with Crippen molar-refractivity contribution in [3.8, 4) is 5.75 Å². The van der Waals surface area contributed by atoms with E-state index in [-0.39, 0.29) is 5.91 Å². The Morgan fingerprint density at radius 2 is 2.22 bits per heavy atom. The van der Waals surface area contributed by atoms with Gasteiger partial charge in [0, 0.05) is 23.5 Å². The summed E-state index contributed by atoms with van der Waals surface area (Å²) in [6.07, 6.45) is 3.46. The molecule has 0 heterocycles. The van der Waals surface area contributed by atoms with Gasteiger partial charge in [0.1, 0.15) is 5.75 Å². The van der Waals surface area contributed by atoms with Crippen molar-refractivity contribution in [1.82, 2.24) is 0 Å². The monoisotopic (exact) mass is 313 g/mol. The van der Waals surface area contributed by atoms with E-state index in [0.717, 1.165) is 36.0 Å². The van der Waals surface area contributed by atoms with E-state index in [1.807, 2.05) is 24.3 Å². The molecule has 1 rings (SSSR count). The van der Waals surface area contributed by atoms with E-state index >= 15 is 0 Å². The van der Waals surface area contributed by atoms with Gasteiger partial charge in [-0.3, -0.25) is 4.79 Å². The number of halogens is 1. The van der Waals surface area contributed by atoms with Crippen LogP contribution in [0.4, 0.5) is 5.69 Å². The van der Waals surface area contributed by atoms with Crippen molar-refractivity contribution in [3.05, 3.63) is 24.3 Å². The summed E-state index contributed by atoms with van der Waals surface area (Å²) in [4.78, 5) is 11.6. The van der Waals surface area contributed by atoms with Crippen LogP contribution in [0.5, 0.6) is 5.75 Å². The Morgan fingerprint density at radius 3 is 2.94 bits per heavy atom. The van der Waals surface area contributed by atoms with Crippen molar-refractivity contribution in [2.24, 2.45) is 0 Å². The number of amides is 1. The highest BCUT2D eigenvalue weighted by Gasteiger charge is 2.03. The molecule has 100 valence electrons. The normalized spacial score (nSPS) is 10.1. The minimum Gasteiger partial charge on any atom is -0.494 e. The Kier molecular flexibility index (Phi) is 7.49. The molecule has 0 aromatic heterocycles. The van der Waals surface area contributed by atoms with Gasteiger partial charge in [0.05, 0.1) is 6.61 Å². The van der Waals surface area contributed by atoms with Crippen molar-refractivity contribution < 1.29 is 9.53 Å². The third-order valence-electron chi connectivity index (χ3n) is 2.38. The maximum absolute atomic E-state index is 11.6. The smallest absolute Gasteiger partial charge is 0.224 e. The molecular formula is C14H20BrNO2. The molecule has 1 aromatic carbocycles. The number of alkyl halides is 1. The number of carbonyl (C=O) groups excluding carboxylic acids is 1.